The fourth-order valence-corrected chi connectivity index (χ4v) is 2.41. The number of hydrogen-bond donors (Lipinski definition) is 2. The van der Waals surface area contributed by atoms with Crippen LogP contribution in [0.2, 0.25) is 0 Å². The average molecular weight is 311 g/mol. The van der Waals surface area contributed by atoms with Crippen LogP contribution >= 0.6 is 0 Å². The number of nitrogens with one attached hydrogen (secondary N) is 1. The average Bonchev–Trinajstić information content (AvgIpc) is 3.03. The van der Waals surface area contributed by atoms with E-state index in [9.17, 15) is 5.11 Å². The number of benzene rings is 2. The van der Waals surface area contributed by atoms with Gasteiger partial charge in [-0.1, -0.05) is 42.5 Å². The number of nitrogens with zero attached hydrogens (tertiary/aromatic N) is 2. The second-order valence-corrected chi connectivity index (χ2v) is 5.41. The summed E-state index contributed by atoms with van der Waals surface area (Å²) in [4.78, 5) is 10.3. The van der Waals surface area contributed by atoms with Gasteiger partial charge in [-0.05, 0) is 29.7 Å². The summed E-state index contributed by atoms with van der Waals surface area (Å²) >= 11 is 0. The summed E-state index contributed by atoms with van der Waals surface area (Å²) in [6.07, 6.45) is 0.867. The van der Waals surface area contributed by atoms with Gasteiger partial charge in [-0.2, -0.15) is 0 Å². The Morgan fingerprint density at radius 1 is 1.04 bits per heavy atom. The SMILES string of the molecule is Oc1ccc(CCNC2=NCCN2OCc2ccccc2)cc1. The van der Waals surface area contributed by atoms with E-state index in [-0.39, 0.29) is 0 Å². The van der Waals surface area contributed by atoms with Gasteiger partial charge in [0.25, 0.3) is 0 Å². The smallest absolute Gasteiger partial charge is 0.218 e. The molecule has 5 nitrogen and oxygen atoms in total. The highest BCUT2D eigenvalue weighted by Crippen LogP contribution is 2.10. The molecular weight excluding hydrogens is 290 g/mol. The number of rotatable bonds is 6. The van der Waals surface area contributed by atoms with Crippen molar-refractivity contribution in [3.8, 4) is 5.75 Å². The monoisotopic (exact) mass is 311 g/mol. The molecule has 0 bridgehead atoms. The molecule has 0 aliphatic carbocycles. The molecule has 23 heavy (non-hydrogen) atoms. The Kier molecular flexibility index (Phi) is 5.11. The predicted molar refractivity (Wildman–Crippen MR) is 90.1 cm³/mol. The molecule has 2 N–H and O–H groups in total. The highest BCUT2D eigenvalue weighted by atomic mass is 16.7. The highest BCUT2D eigenvalue weighted by molar-refractivity contribution is 5.80. The number of guanidine groups is 1. The van der Waals surface area contributed by atoms with Crippen LogP contribution in [0.25, 0.3) is 0 Å². The molecule has 0 saturated heterocycles. The summed E-state index contributed by atoms with van der Waals surface area (Å²) in [5.41, 5.74) is 2.31. The van der Waals surface area contributed by atoms with Crippen molar-refractivity contribution in [3.63, 3.8) is 0 Å². The van der Waals surface area contributed by atoms with Crippen molar-refractivity contribution < 1.29 is 9.94 Å². The first-order chi connectivity index (χ1) is 11.3. The normalized spacial score (nSPS) is 13.9. The lowest BCUT2D eigenvalue weighted by Crippen LogP contribution is -2.39. The van der Waals surface area contributed by atoms with Crippen LogP contribution in [-0.4, -0.2) is 35.8 Å². The number of phenols is 1. The fourth-order valence-electron chi connectivity index (χ4n) is 2.41. The molecule has 0 unspecified atom stereocenters. The van der Waals surface area contributed by atoms with Crippen molar-refractivity contribution in [1.29, 1.82) is 0 Å². The second kappa shape index (κ2) is 7.65. The van der Waals surface area contributed by atoms with Crippen LogP contribution in [-0.2, 0) is 17.9 Å². The van der Waals surface area contributed by atoms with E-state index in [4.69, 9.17) is 4.84 Å². The third-order valence-corrected chi connectivity index (χ3v) is 3.66. The summed E-state index contributed by atoms with van der Waals surface area (Å²) in [6, 6.07) is 17.4. The van der Waals surface area contributed by atoms with Crippen LogP contribution in [0.3, 0.4) is 0 Å². The second-order valence-electron chi connectivity index (χ2n) is 5.41. The van der Waals surface area contributed by atoms with Crippen LogP contribution < -0.4 is 5.32 Å². The van der Waals surface area contributed by atoms with Gasteiger partial charge < -0.3 is 10.4 Å². The Labute approximate surface area is 136 Å². The van der Waals surface area contributed by atoms with Crippen molar-refractivity contribution in [2.24, 2.45) is 4.99 Å². The maximum absolute atomic E-state index is 9.28. The van der Waals surface area contributed by atoms with Crippen LogP contribution in [0.4, 0.5) is 0 Å². The lowest BCUT2D eigenvalue weighted by molar-refractivity contribution is -0.105. The lowest BCUT2D eigenvalue weighted by Gasteiger charge is -2.20. The van der Waals surface area contributed by atoms with E-state index >= 15 is 0 Å². The van der Waals surface area contributed by atoms with Crippen molar-refractivity contribution in [2.75, 3.05) is 19.6 Å². The van der Waals surface area contributed by atoms with Gasteiger partial charge in [0.15, 0.2) is 0 Å². The van der Waals surface area contributed by atoms with Gasteiger partial charge in [0.05, 0.1) is 13.1 Å². The number of hydrogen-bond acceptors (Lipinski definition) is 5. The summed E-state index contributed by atoms with van der Waals surface area (Å²) in [5.74, 6) is 1.09. The summed E-state index contributed by atoms with van der Waals surface area (Å²) in [7, 11) is 0. The zero-order valence-corrected chi connectivity index (χ0v) is 13.0. The topological polar surface area (TPSA) is 57.1 Å². The van der Waals surface area contributed by atoms with Gasteiger partial charge in [-0.3, -0.25) is 4.84 Å². The molecule has 0 saturated carbocycles. The molecule has 120 valence electrons. The van der Waals surface area contributed by atoms with Gasteiger partial charge in [0, 0.05) is 6.54 Å². The predicted octanol–water partition coefficient (Wildman–Crippen LogP) is 2.33. The molecule has 1 aliphatic heterocycles. The van der Waals surface area contributed by atoms with E-state index in [1.54, 1.807) is 12.1 Å². The third-order valence-electron chi connectivity index (χ3n) is 3.66. The summed E-state index contributed by atoms with van der Waals surface area (Å²) in [5, 5.41) is 14.4. The molecule has 0 aromatic heterocycles. The van der Waals surface area contributed by atoms with Crippen LogP contribution in [0.1, 0.15) is 11.1 Å². The number of phenolic OH excluding ortho intramolecular Hbond substituents is 1. The standard InChI is InChI=1S/C18H21N3O2/c22-17-8-6-15(7-9-17)10-11-19-18-20-12-13-21(18)23-14-16-4-2-1-3-5-16/h1-9,22H,10-14H2,(H,19,20). The van der Waals surface area contributed by atoms with E-state index in [0.29, 0.717) is 12.4 Å². The number of aliphatic imine (C=N–C) groups is 1. The molecule has 1 aliphatic rings. The molecule has 0 fully saturated rings. The van der Waals surface area contributed by atoms with E-state index in [1.165, 1.54) is 5.56 Å². The van der Waals surface area contributed by atoms with Crippen LogP contribution in [0, 0.1) is 0 Å². The minimum absolute atomic E-state index is 0.294. The minimum atomic E-state index is 0.294. The van der Waals surface area contributed by atoms with Gasteiger partial charge in [0.2, 0.25) is 5.96 Å². The lowest BCUT2D eigenvalue weighted by atomic mass is 10.1. The van der Waals surface area contributed by atoms with Gasteiger partial charge in [-0.25, -0.2) is 10.1 Å². The Morgan fingerprint density at radius 2 is 1.83 bits per heavy atom. The van der Waals surface area contributed by atoms with Crippen LogP contribution in [0.15, 0.2) is 59.6 Å². The van der Waals surface area contributed by atoms with Crippen LogP contribution in [0.5, 0.6) is 5.75 Å². The Hall–Kier alpha value is -2.53. The van der Waals surface area contributed by atoms with Gasteiger partial charge in [0.1, 0.15) is 12.4 Å². The maximum Gasteiger partial charge on any atom is 0.218 e. The van der Waals surface area contributed by atoms with Crippen molar-refractivity contribution in [2.45, 2.75) is 13.0 Å². The molecule has 2 aromatic carbocycles. The Morgan fingerprint density at radius 3 is 2.61 bits per heavy atom. The van der Waals surface area contributed by atoms with Crippen molar-refractivity contribution in [1.82, 2.24) is 10.4 Å². The van der Waals surface area contributed by atoms with E-state index in [1.807, 2.05) is 47.5 Å². The molecule has 1 heterocycles. The summed E-state index contributed by atoms with van der Waals surface area (Å²) in [6.45, 7) is 2.83. The highest BCUT2D eigenvalue weighted by Gasteiger charge is 2.17. The molecule has 0 atom stereocenters. The molecule has 0 radical (unpaired) electrons. The largest absolute Gasteiger partial charge is 0.508 e. The van der Waals surface area contributed by atoms with E-state index in [2.05, 4.69) is 10.3 Å². The zero-order valence-electron chi connectivity index (χ0n) is 13.0. The molecule has 2 aromatic rings. The zero-order chi connectivity index (χ0) is 15.9. The van der Waals surface area contributed by atoms with E-state index in [0.717, 1.165) is 37.6 Å². The molecule has 0 amide bonds. The van der Waals surface area contributed by atoms with E-state index < -0.39 is 0 Å². The molecular formula is C18H21N3O2. The molecule has 0 spiro atoms. The van der Waals surface area contributed by atoms with Crippen molar-refractivity contribution >= 4 is 5.96 Å². The first-order valence-electron chi connectivity index (χ1n) is 7.82. The Bertz CT molecular complexity index is 641. The first-order valence-corrected chi connectivity index (χ1v) is 7.82. The minimum Gasteiger partial charge on any atom is -0.508 e. The van der Waals surface area contributed by atoms with Crippen molar-refractivity contribution in [3.05, 3.63) is 65.7 Å². The van der Waals surface area contributed by atoms with Gasteiger partial charge >= 0.3 is 0 Å². The first kappa shape index (κ1) is 15.4. The molecule has 5 heteroatoms. The quantitative estimate of drug-likeness (QED) is 0.860. The molecule has 3 rings (SSSR count). The maximum atomic E-state index is 9.28. The third kappa shape index (κ3) is 4.47. The van der Waals surface area contributed by atoms with Gasteiger partial charge in [-0.15, -0.1) is 0 Å². The summed E-state index contributed by atoms with van der Waals surface area (Å²) < 4.78 is 0. The number of hydroxylamine groups is 2. The fraction of sp³-hybridized carbons (Fsp3) is 0.278. The number of aromatic hydroxyl groups is 1. The Balaban J connectivity index is 1.44.